The molecule has 0 saturated heterocycles. The molecule has 2 heterocycles. The minimum Gasteiger partial charge on any atom is -0.497 e. The highest BCUT2D eigenvalue weighted by molar-refractivity contribution is 5.95. The largest absolute Gasteiger partial charge is 0.497 e. The van der Waals surface area contributed by atoms with E-state index in [0.717, 1.165) is 28.8 Å². The van der Waals surface area contributed by atoms with Crippen LogP contribution in [0.3, 0.4) is 0 Å². The summed E-state index contributed by atoms with van der Waals surface area (Å²) in [6, 6.07) is 22.0. The molecule has 0 bridgehead atoms. The Kier molecular flexibility index (Phi) is 6.03. The zero-order valence-corrected chi connectivity index (χ0v) is 20.5. The molecule has 35 heavy (non-hydrogen) atoms. The van der Waals surface area contributed by atoms with Crippen LogP contribution < -0.4 is 9.47 Å². The van der Waals surface area contributed by atoms with Gasteiger partial charge in [0.25, 0.3) is 5.91 Å². The Bertz CT molecular complexity index is 1410. The molecule has 1 aromatic heterocycles. The Morgan fingerprint density at radius 1 is 0.914 bits per heavy atom. The summed E-state index contributed by atoms with van der Waals surface area (Å²) in [6.45, 7) is 5.37. The van der Waals surface area contributed by atoms with Crippen LogP contribution in [0.15, 0.2) is 66.7 Å². The smallest absolute Gasteiger partial charge is 0.272 e. The van der Waals surface area contributed by atoms with Gasteiger partial charge in [-0.25, -0.2) is 4.68 Å². The average molecular weight is 468 g/mol. The molecule has 0 N–H and O–H groups in total. The third-order valence-corrected chi connectivity index (χ3v) is 6.61. The van der Waals surface area contributed by atoms with E-state index in [9.17, 15) is 4.79 Å². The van der Waals surface area contributed by atoms with Crippen LogP contribution in [0.4, 0.5) is 0 Å². The molecule has 4 aromatic rings. The molecule has 0 saturated carbocycles. The summed E-state index contributed by atoms with van der Waals surface area (Å²) >= 11 is 0. The Morgan fingerprint density at radius 2 is 1.71 bits per heavy atom. The van der Waals surface area contributed by atoms with E-state index in [-0.39, 0.29) is 5.91 Å². The van der Waals surface area contributed by atoms with Crippen molar-refractivity contribution in [1.82, 2.24) is 14.7 Å². The number of aromatic nitrogens is 2. The van der Waals surface area contributed by atoms with Crippen molar-refractivity contribution in [2.75, 3.05) is 20.8 Å². The molecular weight excluding hydrogens is 438 g/mol. The maximum absolute atomic E-state index is 13.9. The molecule has 5 rings (SSSR count). The van der Waals surface area contributed by atoms with Gasteiger partial charge in [-0.1, -0.05) is 42.0 Å². The standard InChI is InChI=1S/C29H29N3O3/c1-19-9-12-26(20(2)15-19)32-27(29(33)31-14-13-21-7-5-6-8-22(21)18-31)17-25(30-32)24-11-10-23(34-3)16-28(24)35-4/h5-12,15-17H,13-14,18H2,1-4H3. The summed E-state index contributed by atoms with van der Waals surface area (Å²) < 4.78 is 12.8. The molecule has 178 valence electrons. The normalized spacial score (nSPS) is 12.9. The highest BCUT2D eigenvalue weighted by Crippen LogP contribution is 2.34. The van der Waals surface area contributed by atoms with Gasteiger partial charge < -0.3 is 14.4 Å². The van der Waals surface area contributed by atoms with Crippen molar-refractivity contribution < 1.29 is 14.3 Å². The lowest BCUT2D eigenvalue weighted by atomic mass is 9.99. The molecule has 0 aliphatic carbocycles. The highest BCUT2D eigenvalue weighted by Gasteiger charge is 2.27. The van der Waals surface area contributed by atoms with E-state index in [1.54, 1.807) is 18.9 Å². The summed E-state index contributed by atoms with van der Waals surface area (Å²) in [6.07, 6.45) is 0.846. The van der Waals surface area contributed by atoms with Crippen LogP contribution in [0.25, 0.3) is 16.9 Å². The first-order valence-corrected chi connectivity index (χ1v) is 11.7. The van der Waals surface area contributed by atoms with E-state index in [0.29, 0.717) is 36.0 Å². The molecule has 0 spiro atoms. The quantitative estimate of drug-likeness (QED) is 0.396. The van der Waals surface area contributed by atoms with Crippen LogP contribution in [0.1, 0.15) is 32.7 Å². The number of hydrogen-bond donors (Lipinski definition) is 0. The second-order valence-corrected chi connectivity index (χ2v) is 8.93. The topological polar surface area (TPSA) is 56.6 Å². The zero-order chi connectivity index (χ0) is 24.5. The number of fused-ring (bicyclic) bond motifs is 1. The number of carbonyl (C=O) groups is 1. The fraction of sp³-hybridized carbons (Fsp3) is 0.241. The van der Waals surface area contributed by atoms with Gasteiger partial charge in [-0.2, -0.15) is 5.10 Å². The lowest BCUT2D eigenvalue weighted by Gasteiger charge is -2.29. The Balaban J connectivity index is 1.61. The molecule has 0 radical (unpaired) electrons. The van der Waals surface area contributed by atoms with Crippen molar-refractivity contribution in [3.63, 3.8) is 0 Å². The summed E-state index contributed by atoms with van der Waals surface area (Å²) in [5, 5.41) is 4.91. The first-order valence-electron chi connectivity index (χ1n) is 11.7. The molecule has 1 aliphatic heterocycles. The van der Waals surface area contributed by atoms with Crippen molar-refractivity contribution >= 4 is 5.91 Å². The number of amides is 1. The van der Waals surface area contributed by atoms with Gasteiger partial charge in [0.15, 0.2) is 0 Å². The molecule has 1 aliphatic rings. The number of aryl methyl sites for hydroxylation is 2. The highest BCUT2D eigenvalue weighted by atomic mass is 16.5. The summed E-state index contributed by atoms with van der Waals surface area (Å²) in [4.78, 5) is 15.8. The van der Waals surface area contributed by atoms with Crippen LogP contribution in [0, 0.1) is 13.8 Å². The average Bonchev–Trinajstić information content (AvgIpc) is 3.32. The van der Waals surface area contributed by atoms with Crippen molar-refractivity contribution in [1.29, 1.82) is 0 Å². The maximum atomic E-state index is 13.9. The van der Waals surface area contributed by atoms with Crippen molar-refractivity contribution in [2.24, 2.45) is 0 Å². The molecule has 0 unspecified atom stereocenters. The van der Waals surface area contributed by atoms with E-state index in [2.05, 4.69) is 31.2 Å². The van der Waals surface area contributed by atoms with Gasteiger partial charge in [0, 0.05) is 24.7 Å². The lowest BCUT2D eigenvalue weighted by Crippen LogP contribution is -2.37. The minimum absolute atomic E-state index is 0.0364. The molecular formula is C29H29N3O3. The summed E-state index contributed by atoms with van der Waals surface area (Å²) in [7, 11) is 3.24. The fourth-order valence-electron chi connectivity index (χ4n) is 4.73. The fourth-order valence-corrected chi connectivity index (χ4v) is 4.73. The van der Waals surface area contributed by atoms with Crippen LogP contribution in [0.2, 0.25) is 0 Å². The van der Waals surface area contributed by atoms with Crippen molar-refractivity contribution in [3.05, 3.63) is 94.7 Å². The molecule has 0 atom stereocenters. The third-order valence-electron chi connectivity index (χ3n) is 6.61. The van der Waals surface area contributed by atoms with Gasteiger partial charge >= 0.3 is 0 Å². The van der Waals surface area contributed by atoms with Crippen LogP contribution in [-0.4, -0.2) is 41.4 Å². The van der Waals surface area contributed by atoms with Crippen molar-refractivity contribution in [3.8, 4) is 28.4 Å². The first kappa shape index (κ1) is 22.7. The minimum atomic E-state index is -0.0364. The number of rotatable bonds is 5. The Labute approximate surface area is 205 Å². The van der Waals surface area contributed by atoms with E-state index in [4.69, 9.17) is 14.6 Å². The van der Waals surface area contributed by atoms with Gasteiger partial charge in [-0.15, -0.1) is 0 Å². The number of nitrogens with zero attached hydrogens (tertiary/aromatic N) is 3. The maximum Gasteiger partial charge on any atom is 0.272 e. The zero-order valence-electron chi connectivity index (χ0n) is 20.5. The number of benzene rings is 3. The van der Waals surface area contributed by atoms with Gasteiger partial charge in [0.1, 0.15) is 17.2 Å². The van der Waals surface area contributed by atoms with E-state index < -0.39 is 0 Å². The van der Waals surface area contributed by atoms with Crippen LogP contribution in [0.5, 0.6) is 11.5 Å². The summed E-state index contributed by atoms with van der Waals surface area (Å²) in [5.74, 6) is 1.30. The number of carbonyl (C=O) groups excluding carboxylic acids is 1. The Morgan fingerprint density at radius 3 is 2.46 bits per heavy atom. The van der Waals surface area contributed by atoms with E-state index >= 15 is 0 Å². The van der Waals surface area contributed by atoms with Gasteiger partial charge in [-0.3, -0.25) is 4.79 Å². The van der Waals surface area contributed by atoms with E-state index in [1.807, 2.05) is 54.3 Å². The van der Waals surface area contributed by atoms with Gasteiger partial charge in [0.2, 0.25) is 0 Å². The van der Waals surface area contributed by atoms with Crippen molar-refractivity contribution in [2.45, 2.75) is 26.8 Å². The predicted octanol–water partition coefficient (Wildman–Crippen LogP) is 5.37. The van der Waals surface area contributed by atoms with Gasteiger partial charge in [-0.05, 0) is 61.2 Å². The second kappa shape index (κ2) is 9.29. The lowest BCUT2D eigenvalue weighted by molar-refractivity contribution is 0.0725. The monoisotopic (exact) mass is 467 g/mol. The molecule has 1 amide bonds. The SMILES string of the molecule is COc1ccc(-c2cc(C(=O)N3CCc4ccccc4C3)n(-c3ccc(C)cc3C)n2)c(OC)c1. The molecule has 6 nitrogen and oxygen atoms in total. The number of ether oxygens (including phenoxy) is 2. The number of hydrogen-bond acceptors (Lipinski definition) is 4. The molecule has 6 heteroatoms. The first-order chi connectivity index (χ1) is 17.0. The van der Waals surface area contributed by atoms with Crippen LogP contribution >= 0.6 is 0 Å². The predicted molar refractivity (Wildman–Crippen MR) is 136 cm³/mol. The van der Waals surface area contributed by atoms with E-state index in [1.165, 1.54) is 11.1 Å². The molecule has 0 fully saturated rings. The second-order valence-electron chi connectivity index (χ2n) is 8.93. The Hall–Kier alpha value is -4.06. The number of methoxy groups -OCH3 is 2. The van der Waals surface area contributed by atoms with Gasteiger partial charge in [0.05, 0.1) is 25.6 Å². The molecule has 3 aromatic carbocycles. The van der Waals surface area contributed by atoms with Crippen LogP contribution in [-0.2, 0) is 13.0 Å². The summed E-state index contributed by atoms with van der Waals surface area (Å²) in [5.41, 5.74) is 7.61. The third kappa shape index (κ3) is 4.28.